The number of hydrogen-bond acceptors (Lipinski definition) is 6. The lowest BCUT2D eigenvalue weighted by molar-refractivity contribution is 0.102. The maximum Gasteiger partial charge on any atom is 0.291 e. The molecule has 0 spiro atoms. The van der Waals surface area contributed by atoms with Crippen LogP contribution in [0, 0.1) is 18.6 Å². The zero-order chi connectivity index (χ0) is 19.6. The minimum Gasteiger partial charge on any atom is -0.296 e. The van der Waals surface area contributed by atoms with Crippen LogP contribution in [0.15, 0.2) is 46.8 Å². The van der Waals surface area contributed by atoms with E-state index in [1.54, 1.807) is 18.2 Å². The van der Waals surface area contributed by atoms with Gasteiger partial charge in [-0.15, -0.1) is 10.2 Å². The second-order valence-electron chi connectivity index (χ2n) is 5.43. The molecule has 0 aliphatic heterocycles. The normalized spacial score (nSPS) is 11.2. The van der Waals surface area contributed by atoms with Crippen LogP contribution in [-0.4, -0.2) is 24.5 Å². The Morgan fingerprint density at radius 1 is 1.07 bits per heavy atom. The van der Waals surface area contributed by atoms with Crippen molar-refractivity contribution in [2.45, 2.75) is 11.3 Å². The van der Waals surface area contributed by atoms with Gasteiger partial charge in [0.2, 0.25) is 5.13 Å². The van der Waals surface area contributed by atoms with E-state index in [9.17, 15) is 22.0 Å². The lowest BCUT2D eigenvalue weighted by Gasteiger charge is -2.05. The molecule has 140 valence electrons. The molecule has 11 heteroatoms. The average Bonchev–Trinajstić information content (AvgIpc) is 3.07. The molecule has 3 aromatic rings. The Balaban J connectivity index is 1.75. The van der Waals surface area contributed by atoms with Crippen molar-refractivity contribution in [2.24, 2.45) is 0 Å². The van der Waals surface area contributed by atoms with E-state index in [1.165, 1.54) is 0 Å². The quantitative estimate of drug-likeness (QED) is 0.629. The molecular formula is C16H12F2N4O3S2. The summed E-state index contributed by atoms with van der Waals surface area (Å²) in [6.45, 7) is 1.83. The fourth-order valence-corrected chi connectivity index (χ4v) is 4.03. The molecule has 0 saturated carbocycles. The maximum atomic E-state index is 13.2. The van der Waals surface area contributed by atoms with E-state index >= 15 is 0 Å². The average molecular weight is 410 g/mol. The molecule has 27 heavy (non-hydrogen) atoms. The van der Waals surface area contributed by atoms with Gasteiger partial charge in [-0.3, -0.25) is 14.8 Å². The lowest BCUT2D eigenvalue weighted by Crippen LogP contribution is -2.13. The summed E-state index contributed by atoms with van der Waals surface area (Å²) >= 11 is 0.621. The van der Waals surface area contributed by atoms with Crippen molar-refractivity contribution in [2.75, 3.05) is 10.0 Å². The molecule has 2 N–H and O–H groups in total. The number of halogens is 2. The largest absolute Gasteiger partial charge is 0.296 e. The smallest absolute Gasteiger partial charge is 0.291 e. The standard InChI is InChI=1S/C16H12F2N4O3S2/c1-9-3-2-4-10(7-9)14(23)19-15-20-21-16(26-15)27(24,25)22-11-5-6-12(17)13(18)8-11/h2-8,22H,1H3,(H,19,20,23). The highest BCUT2D eigenvalue weighted by molar-refractivity contribution is 7.94. The summed E-state index contributed by atoms with van der Waals surface area (Å²) in [6.07, 6.45) is 0. The van der Waals surface area contributed by atoms with Crippen LogP contribution in [-0.2, 0) is 10.0 Å². The first kappa shape index (κ1) is 18.9. The van der Waals surface area contributed by atoms with E-state index < -0.39 is 31.9 Å². The fourth-order valence-electron chi connectivity index (χ4n) is 2.08. The minimum absolute atomic E-state index is 0.0211. The highest BCUT2D eigenvalue weighted by Crippen LogP contribution is 2.24. The minimum atomic E-state index is -4.17. The van der Waals surface area contributed by atoms with Gasteiger partial charge >= 0.3 is 0 Å². The van der Waals surface area contributed by atoms with E-state index in [0.717, 1.165) is 17.7 Å². The molecule has 0 aliphatic rings. The van der Waals surface area contributed by atoms with Gasteiger partial charge in [0.25, 0.3) is 20.3 Å². The lowest BCUT2D eigenvalue weighted by atomic mass is 10.1. The molecule has 0 atom stereocenters. The van der Waals surface area contributed by atoms with Crippen LogP contribution < -0.4 is 10.0 Å². The molecule has 1 heterocycles. The van der Waals surface area contributed by atoms with E-state index in [4.69, 9.17) is 0 Å². The van der Waals surface area contributed by atoms with Crippen LogP contribution in [0.2, 0.25) is 0 Å². The van der Waals surface area contributed by atoms with Crippen LogP contribution in [0.5, 0.6) is 0 Å². The number of amides is 1. The number of anilines is 2. The van der Waals surface area contributed by atoms with Crippen molar-refractivity contribution in [1.29, 1.82) is 0 Å². The van der Waals surface area contributed by atoms with Gasteiger partial charge in [-0.1, -0.05) is 29.0 Å². The van der Waals surface area contributed by atoms with Crippen molar-refractivity contribution in [3.05, 3.63) is 65.2 Å². The molecule has 0 bridgehead atoms. The van der Waals surface area contributed by atoms with E-state index in [0.29, 0.717) is 23.0 Å². The molecule has 1 aromatic heterocycles. The van der Waals surface area contributed by atoms with Crippen LogP contribution >= 0.6 is 11.3 Å². The second-order valence-corrected chi connectivity index (χ2v) is 8.26. The van der Waals surface area contributed by atoms with Gasteiger partial charge in [0, 0.05) is 11.6 Å². The van der Waals surface area contributed by atoms with Crippen LogP contribution in [0.25, 0.3) is 0 Å². The van der Waals surface area contributed by atoms with E-state index in [-0.39, 0.29) is 10.8 Å². The van der Waals surface area contributed by atoms with Gasteiger partial charge in [-0.25, -0.2) is 8.78 Å². The molecule has 0 radical (unpaired) electrons. The van der Waals surface area contributed by atoms with E-state index in [2.05, 4.69) is 20.2 Å². The number of rotatable bonds is 5. The molecule has 0 unspecified atom stereocenters. The van der Waals surface area contributed by atoms with Crippen molar-refractivity contribution in [3.8, 4) is 0 Å². The summed E-state index contributed by atoms with van der Waals surface area (Å²) < 4.78 is 52.3. The van der Waals surface area contributed by atoms with Crippen molar-refractivity contribution < 1.29 is 22.0 Å². The highest BCUT2D eigenvalue weighted by Gasteiger charge is 2.22. The third-order valence-electron chi connectivity index (χ3n) is 3.31. The van der Waals surface area contributed by atoms with Gasteiger partial charge in [0.1, 0.15) is 0 Å². The number of nitrogens with one attached hydrogen (secondary N) is 2. The molecule has 0 aliphatic carbocycles. The summed E-state index contributed by atoms with van der Waals surface area (Å²) in [5.74, 6) is -2.76. The first-order valence-electron chi connectivity index (χ1n) is 7.44. The van der Waals surface area contributed by atoms with Crippen molar-refractivity contribution in [1.82, 2.24) is 10.2 Å². The highest BCUT2D eigenvalue weighted by atomic mass is 32.2. The third kappa shape index (κ3) is 4.44. The first-order valence-corrected chi connectivity index (χ1v) is 9.74. The number of aromatic nitrogens is 2. The maximum absolute atomic E-state index is 13.2. The Morgan fingerprint density at radius 3 is 2.56 bits per heavy atom. The van der Waals surface area contributed by atoms with Crippen molar-refractivity contribution in [3.63, 3.8) is 0 Å². The molecule has 2 aromatic carbocycles. The molecule has 0 fully saturated rings. The van der Waals surface area contributed by atoms with Gasteiger partial charge in [0.05, 0.1) is 5.69 Å². The van der Waals surface area contributed by atoms with Gasteiger partial charge in [-0.2, -0.15) is 8.42 Å². The second kappa shape index (κ2) is 7.37. The molecular weight excluding hydrogens is 398 g/mol. The third-order valence-corrected chi connectivity index (χ3v) is 5.90. The monoisotopic (exact) mass is 410 g/mol. The van der Waals surface area contributed by atoms with Gasteiger partial charge < -0.3 is 0 Å². The Bertz CT molecular complexity index is 1120. The number of benzene rings is 2. The molecule has 0 saturated heterocycles. The summed E-state index contributed by atoms with van der Waals surface area (Å²) in [5, 5.41) is 9.59. The Morgan fingerprint density at radius 2 is 1.85 bits per heavy atom. The Labute approximate surface area is 157 Å². The Kier molecular flexibility index (Phi) is 5.15. The summed E-state index contributed by atoms with van der Waals surface area (Å²) in [7, 11) is -4.17. The predicted octanol–water partition coefficient (Wildman–Crippen LogP) is 3.18. The predicted molar refractivity (Wildman–Crippen MR) is 96.2 cm³/mol. The number of carbonyl (C=O) groups excluding carboxylic acids is 1. The molecule has 3 rings (SSSR count). The van der Waals surface area contributed by atoms with Crippen LogP contribution in [0.4, 0.5) is 19.6 Å². The van der Waals surface area contributed by atoms with Crippen LogP contribution in [0.1, 0.15) is 15.9 Å². The summed E-state index contributed by atoms with van der Waals surface area (Å²) in [6, 6.07) is 9.37. The van der Waals surface area contributed by atoms with Crippen molar-refractivity contribution >= 4 is 38.1 Å². The van der Waals surface area contributed by atoms with Gasteiger partial charge in [-0.05, 0) is 31.2 Å². The SMILES string of the molecule is Cc1cccc(C(=O)Nc2nnc(S(=O)(=O)Nc3ccc(F)c(F)c3)s2)c1. The number of sulfonamides is 1. The first-order chi connectivity index (χ1) is 12.7. The number of nitrogens with zero attached hydrogens (tertiary/aromatic N) is 2. The van der Waals surface area contributed by atoms with Gasteiger partial charge in [0.15, 0.2) is 11.6 Å². The number of carbonyl (C=O) groups is 1. The fraction of sp³-hybridized carbons (Fsp3) is 0.0625. The van der Waals surface area contributed by atoms with Crippen LogP contribution in [0.3, 0.4) is 0 Å². The molecule has 1 amide bonds. The summed E-state index contributed by atoms with van der Waals surface area (Å²) in [5.41, 5.74) is 1.10. The number of aryl methyl sites for hydroxylation is 1. The zero-order valence-corrected chi connectivity index (χ0v) is 15.4. The zero-order valence-electron chi connectivity index (χ0n) is 13.7. The summed E-state index contributed by atoms with van der Waals surface area (Å²) in [4.78, 5) is 12.2. The Hall–Kier alpha value is -2.92. The topological polar surface area (TPSA) is 101 Å². The molecule has 7 nitrogen and oxygen atoms in total. The number of hydrogen-bond donors (Lipinski definition) is 2. The van der Waals surface area contributed by atoms with E-state index in [1.807, 2.05) is 13.0 Å².